The molecule has 0 aliphatic carbocycles. The van der Waals surface area contributed by atoms with E-state index >= 15 is 24.0 Å². The van der Waals surface area contributed by atoms with Gasteiger partial charge in [0, 0.05) is 102 Å². The number of carboxylic acids is 1. The molecule has 150 heavy (non-hydrogen) atoms. The largest absolute Gasteiger partial charge is 0.508 e. The summed E-state index contributed by atoms with van der Waals surface area (Å²) in [6.07, 6.45) is 3.23. The van der Waals surface area contributed by atoms with E-state index in [0.29, 0.717) is 66.1 Å². The molecule has 830 valence electrons. The zero-order valence-corrected chi connectivity index (χ0v) is 89.5. The van der Waals surface area contributed by atoms with Gasteiger partial charge in [-0.1, -0.05) is 120 Å². The predicted octanol–water partition coefficient (Wildman–Crippen LogP) is 1.85. The van der Waals surface area contributed by atoms with Gasteiger partial charge in [0.1, 0.15) is 41.0 Å². The van der Waals surface area contributed by atoms with Gasteiger partial charge in [0.2, 0.25) is 64.5 Å². The highest BCUT2D eigenvalue weighted by Gasteiger charge is 2.44. The van der Waals surface area contributed by atoms with Crippen molar-refractivity contribution in [3.05, 3.63) is 114 Å². The number of aliphatic hydroxyl groups is 1. The summed E-state index contributed by atoms with van der Waals surface area (Å²) >= 11 is 0. The third-order valence-corrected chi connectivity index (χ3v) is 26.7. The summed E-state index contributed by atoms with van der Waals surface area (Å²) in [5.41, 5.74) is 21.1. The molecule has 25 N–H and O–H groups in total. The Hall–Kier alpha value is -12.0. The van der Waals surface area contributed by atoms with E-state index in [9.17, 15) is 87.2 Å². The number of carboxylic acid groups (broad SMARTS) is 1. The summed E-state index contributed by atoms with van der Waals surface area (Å²) in [7, 11) is 0. The molecular formula is C107H164N20O23. The molecule has 0 unspecified atom stereocenters. The van der Waals surface area contributed by atoms with E-state index in [-0.39, 0.29) is 176 Å². The van der Waals surface area contributed by atoms with Crippen molar-refractivity contribution in [1.82, 2.24) is 95.8 Å². The minimum Gasteiger partial charge on any atom is -0.508 e. The second kappa shape index (κ2) is 66.0. The lowest BCUT2D eigenvalue weighted by Crippen LogP contribution is -2.66. The lowest BCUT2D eigenvalue weighted by atomic mass is 9.88. The number of ketones is 12. The summed E-state index contributed by atoms with van der Waals surface area (Å²) in [6.45, 7) is 23.7. The number of primary amides is 2. The van der Waals surface area contributed by atoms with Crippen LogP contribution in [-0.2, 0) is 115 Å². The Labute approximate surface area is 878 Å². The molecule has 1 aromatic heterocycles. The first-order chi connectivity index (χ1) is 70.8. The molecule has 1 aliphatic heterocycles. The lowest BCUT2D eigenvalue weighted by Gasteiger charge is -2.34. The van der Waals surface area contributed by atoms with Gasteiger partial charge in [-0.3, -0.25) is 117 Å². The van der Waals surface area contributed by atoms with Gasteiger partial charge in [-0.2, -0.15) is 0 Å². The molecule has 2 heterocycles. The predicted molar refractivity (Wildman–Crippen MR) is 564 cm³/mol. The highest BCUT2D eigenvalue weighted by molar-refractivity contribution is 6.42. The van der Waals surface area contributed by atoms with Crippen LogP contribution in [0.4, 0.5) is 0 Å². The van der Waals surface area contributed by atoms with Gasteiger partial charge in [0.05, 0.1) is 97.1 Å². The van der Waals surface area contributed by atoms with Crippen molar-refractivity contribution < 1.29 is 111 Å². The number of H-pyrrole nitrogens is 1. The summed E-state index contributed by atoms with van der Waals surface area (Å²) < 4.78 is 0. The van der Waals surface area contributed by atoms with Gasteiger partial charge in [0.15, 0.2) is 34.7 Å². The fourth-order valence-corrected chi connectivity index (χ4v) is 16.8. The fraction of sp³-hybridized carbons (Fsp3) is 0.607. The summed E-state index contributed by atoms with van der Waals surface area (Å²) in [6, 6.07) is 3.68. The molecular weight excluding hydrogens is 1930 g/mol. The van der Waals surface area contributed by atoms with Crippen LogP contribution in [0, 0.1) is 11.8 Å². The van der Waals surface area contributed by atoms with Gasteiger partial charge in [0.25, 0.3) is 0 Å². The lowest BCUT2D eigenvalue weighted by molar-refractivity contribution is -0.143. The number of fused-ring (bicyclic) bond motifs is 1. The third-order valence-electron chi connectivity index (χ3n) is 26.7. The molecule has 0 saturated heterocycles. The van der Waals surface area contributed by atoms with Crippen LogP contribution >= 0.6 is 0 Å². The number of nitrogens with one attached hydrogen (secondary N) is 18. The van der Waals surface area contributed by atoms with Crippen LogP contribution in [0.15, 0.2) is 97.2 Å². The summed E-state index contributed by atoms with van der Waals surface area (Å²) in [5, 5.41) is 69.9. The highest BCUT2D eigenvalue weighted by atomic mass is 16.4. The number of aromatic hydroxyl groups is 1. The van der Waals surface area contributed by atoms with Gasteiger partial charge < -0.3 is 79.6 Å². The van der Waals surface area contributed by atoms with Crippen LogP contribution in [0.5, 0.6) is 5.75 Å². The Morgan fingerprint density at radius 3 is 1.63 bits per heavy atom. The molecule has 0 bridgehead atoms. The van der Waals surface area contributed by atoms with E-state index < -0.39 is 221 Å². The first kappa shape index (κ1) is 128. The number of nitrogens with two attached hydrogens (primary N) is 2. The van der Waals surface area contributed by atoms with Crippen LogP contribution in [0.1, 0.15) is 255 Å². The maximum atomic E-state index is 15.6. The number of hydrogen-bond acceptors (Lipinski definition) is 34. The van der Waals surface area contributed by atoms with Crippen molar-refractivity contribution >= 4 is 128 Å². The van der Waals surface area contributed by atoms with Gasteiger partial charge in [-0.25, -0.2) is 21.7 Å². The van der Waals surface area contributed by atoms with E-state index in [2.05, 4.69) is 95.8 Å². The minimum absolute atomic E-state index is 0.0340. The number of aromatic nitrogens is 1. The monoisotopic (exact) mass is 2100 g/mol. The SMILES string of the molecule is CC(=O)N[C@@H](CC(C)C)C(=O)N[C@H](C(=O)C(=O)[C@H](Cc1ccccc1)NN[C@]1(C)CCCCCCC=CCCC[C@@](C)(C(=O)CN[C@@H](C)C(=O)CCN[C@@H](C)C(=O)CCC(=O)[C@H](C)NCCC(=O)[C@H](C)NCCC(=O)[C@H](C)NCN[C@H](C)C(N)=O)NC(=O)[C@H](CC(C)C)NC(=O)[C@H](CCC(N)=O)NCN[C@@H](C)C(=O)CC(=O)[C@H](Cc2c[nH]c3ccccc23)NN[C@@H](Cc2ccc(O)cc2)C(=O)C(=O)[C@H](CCC(=O)O)NC1=O)[C@@H](C)O. The number of Topliss-reactive ketones (excluding diaryl/α,β-unsaturated/α-hetero) is 12. The maximum absolute atomic E-state index is 15.6. The van der Waals surface area contributed by atoms with E-state index in [0.717, 1.165) is 0 Å². The average Bonchev–Trinajstić information content (AvgIpc) is 1.57. The number of hydrogen-bond donors (Lipinski definition) is 23. The number of hydrazine groups is 2. The number of amides is 7. The van der Waals surface area contributed by atoms with Crippen LogP contribution in [0.2, 0.25) is 0 Å². The smallest absolute Gasteiger partial charge is 0.303 e. The summed E-state index contributed by atoms with van der Waals surface area (Å²) in [5.74, 6) is -15.3. The van der Waals surface area contributed by atoms with Crippen LogP contribution in [-0.4, -0.2) is 284 Å². The van der Waals surface area contributed by atoms with Crippen LogP contribution < -0.4 is 102 Å². The Balaban J connectivity index is 1.45. The number of carbonyl (C=O) groups is 20. The average molecular weight is 2100 g/mol. The third kappa shape index (κ3) is 46.1. The molecule has 0 fully saturated rings. The number of allylic oxidation sites excluding steroid dienone is 2. The number of aliphatic hydroxyl groups excluding tert-OH is 1. The Morgan fingerprint density at radius 2 is 1.06 bits per heavy atom. The van der Waals surface area contributed by atoms with Crippen LogP contribution in [0.25, 0.3) is 10.9 Å². The molecule has 7 amide bonds. The minimum atomic E-state index is -1.95. The number of aliphatic carboxylic acids is 1. The zero-order chi connectivity index (χ0) is 112. The number of carbonyl (C=O) groups excluding carboxylic acids is 19. The molecule has 43 nitrogen and oxygen atoms in total. The second-order valence-electron chi connectivity index (χ2n) is 40.6. The molecule has 4 aromatic rings. The summed E-state index contributed by atoms with van der Waals surface area (Å²) in [4.78, 5) is 282. The Morgan fingerprint density at radius 1 is 0.513 bits per heavy atom. The fourth-order valence-electron chi connectivity index (χ4n) is 16.8. The van der Waals surface area contributed by atoms with Gasteiger partial charge in [-0.05, 0) is 199 Å². The number of benzene rings is 3. The topological polar surface area (TPSA) is 674 Å². The second-order valence-corrected chi connectivity index (χ2v) is 40.6. The molecule has 43 heteroatoms. The van der Waals surface area contributed by atoms with E-state index in [1.54, 1.807) is 116 Å². The van der Waals surface area contributed by atoms with Crippen molar-refractivity contribution in [1.29, 1.82) is 0 Å². The number of para-hydroxylation sites is 1. The van der Waals surface area contributed by atoms with E-state index in [1.165, 1.54) is 58.9 Å². The zero-order valence-electron chi connectivity index (χ0n) is 89.5. The number of phenolic OH excluding ortho intramolecular Hbond substituents is 1. The quantitative estimate of drug-likeness (QED) is 0.00986. The number of phenols is 1. The molecule has 0 spiro atoms. The highest BCUT2D eigenvalue weighted by Crippen LogP contribution is 2.25. The van der Waals surface area contributed by atoms with Crippen molar-refractivity contribution in [3.8, 4) is 5.75 Å². The standard InChI is InChI=1S/C107H164N20O23/c1-62(2)52-84(119-72(13)129)103(148)122-96(71(12)128)100(145)99(144)83(54-73-30-24-23-25-31-73)126-127-107(15)48-29-22-20-18-16-17-19-21-28-47-106(14,93(138)59-113-67(8)89(134)45-50-111-65(6)87(132)41-40-86(131)64(5)110-49-44-88(133)66(7)112-51-46-90(135)68(9)115-60-117-70(11)101(109)146)123-104(149)85(53-63(3)4)120-102(147)80(38-42-94(108)139)118-61-116-69(10)91(136)57-92(137)81(56-75-58-114-78-33-27-26-32-77(75)78)124-125-82(55-74-34-36-76(130)37-35-74)98(143)97(142)79(121-105(107)150)39-43-95(140)141/h17,19,23-27,30-37,58,62-71,79-85,96,110-118,124-128,130H,16,18,20-22,28-29,38-57,59-61H2,1-15H3,(H2,108,139)(H2,109,146)(H,119,129)(H,120,147)(H,121,150)(H,122,148)(H,123,149)(H,140,141)/t64-,65-,66-,67-,68-,69-,70+,71+,79-,80-,81-,82-,83-,84-,85-,96-,106-,107+/m0/s1. The Kier molecular flexibility index (Phi) is 56.5. The van der Waals surface area contributed by atoms with E-state index in [1.807, 2.05) is 26.0 Å². The number of aromatic amines is 1. The van der Waals surface area contributed by atoms with Crippen molar-refractivity contribution in [2.75, 3.05) is 39.5 Å². The Bertz CT molecular complexity index is 5210. The first-order valence-corrected chi connectivity index (χ1v) is 52.1. The van der Waals surface area contributed by atoms with Crippen LogP contribution in [0.3, 0.4) is 0 Å². The number of rotatable bonds is 55. The molecule has 0 saturated carbocycles. The molecule has 18 atom stereocenters. The van der Waals surface area contributed by atoms with Gasteiger partial charge in [-0.15, -0.1) is 0 Å². The van der Waals surface area contributed by atoms with Crippen molar-refractivity contribution in [2.45, 2.75) is 366 Å². The van der Waals surface area contributed by atoms with Gasteiger partial charge >= 0.3 is 5.97 Å². The van der Waals surface area contributed by atoms with Crippen molar-refractivity contribution in [2.24, 2.45) is 23.3 Å². The molecule has 1 aliphatic rings. The normalized spacial score (nSPS) is 21.4. The first-order valence-electron chi connectivity index (χ1n) is 52.1. The van der Waals surface area contributed by atoms with Crippen molar-refractivity contribution in [3.63, 3.8) is 0 Å². The van der Waals surface area contributed by atoms with E-state index in [4.69, 9.17) is 11.5 Å². The molecule has 0 radical (unpaired) electrons. The molecule has 3 aromatic carbocycles. The maximum Gasteiger partial charge on any atom is 0.303 e. The molecule has 5 rings (SSSR count).